The number of benzene rings is 1. The van der Waals surface area contributed by atoms with Gasteiger partial charge in [0.2, 0.25) is 0 Å². The van der Waals surface area contributed by atoms with Crippen LogP contribution in [0.5, 0.6) is 0 Å². The van der Waals surface area contributed by atoms with E-state index in [9.17, 15) is 5.11 Å². The van der Waals surface area contributed by atoms with E-state index in [1.165, 1.54) is 18.5 Å². The lowest BCUT2D eigenvalue weighted by Crippen LogP contribution is -2.04. The summed E-state index contributed by atoms with van der Waals surface area (Å²) in [5.41, 5.74) is 3.93. The molecular weight excluding hydrogens is 248 g/mol. The van der Waals surface area contributed by atoms with Gasteiger partial charge < -0.3 is 5.11 Å². The molecule has 1 aromatic carbocycles. The van der Waals surface area contributed by atoms with Gasteiger partial charge in [-0.05, 0) is 43.5 Å². The number of halogens is 1. The maximum Gasteiger partial charge on any atom is 0.0886 e. The van der Waals surface area contributed by atoms with Crippen LogP contribution in [0, 0.1) is 6.92 Å². The Morgan fingerprint density at radius 3 is 2.89 bits per heavy atom. The number of aromatic nitrogens is 2. The molecule has 0 spiro atoms. The third-order valence-corrected chi connectivity index (χ3v) is 3.82. The van der Waals surface area contributed by atoms with Crippen LogP contribution in [0.4, 0.5) is 0 Å². The van der Waals surface area contributed by atoms with Gasteiger partial charge in [0, 0.05) is 16.6 Å². The summed E-state index contributed by atoms with van der Waals surface area (Å²) in [6, 6.07) is 7.83. The zero-order valence-electron chi connectivity index (χ0n) is 10.2. The Kier molecular flexibility index (Phi) is 2.88. The van der Waals surface area contributed by atoms with E-state index in [0.717, 1.165) is 22.0 Å². The SMILES string of the molecule is Cc1c(Cl)cccc1-n1nc(CO)cc1C1CC1. The van der Waals surface area contributed by atoms with E-state index < -0.39 is 0 Å². The Hall–Kier alpha value is -1.32. The molecular formula is C14H15ClN2O. The maximum atomic E-state index is 9.25. The highest BCUT2D eigenvalue weighted by molar-refractivity contribution is 6.31. The van der Waals surface area contributed by atoms with E-state index >= 15 is 0 Å². The molecule has 1 heterocycles. The Labute approximate surface area is 111 Å². The smallest absolute Gasteiger partial charge is 0.0886 e. The molecule has 18 heavy (non-hydrogen) atoms. The van der Waals surface area contributed by atoms with Gasteiger partial charge >= 0.3 is 0 Å². The van der Waals surface area contributed by atoms with E-state index in [-0.39, 0.29) is 6.61 Å². The van der Waals surface area contributed by atoms with Crippen molar-refractivity contribution in [2.24, 2.45) is 0 Å². The van der Waals surface area contributed by atoms with Gasteiger partial charge in [-0.3, -0.25) is 0 Å². The minimum atomic E-state index is -0.0215. The lowest BCUT2D eigenvalue weighted by molar-refractivity contribution is 0.276. The second kappa shape index (κ2) is 4.41. The van der Waals surface area contributed by atoms with Crippen LogP contribution < -0.4 is 0 Å². The van der Waals surface area contributed by atoms with Crippen molar-refractivity contribution in [3.05, 3.63) is 46.2 Å². The van der Waals surface area contributed by atoms with Crippen LogP contribution in [0.3, 0.4) is 0 Å². The molecule has 0 aliphatic heterocycles. The van der Waals surface area contributed by atoms with Gasteiger partial charge in [-0.2, -0.15) is 5.10 Å². The van der Waals surface area contributed by atoms with Crippen molar-refractivity contribution in [2.75, 3.05) is 0 Å². The highest BCUT2D eigenvalue weighted by Gasteiger charge is 2.28. The van der Waals surface area contributed by atoms with Crippen LogP contribution in [-0.2, 0) is 6.61 Å². The number of rotatable bonds is 3. The van der Waals surface area contributed by atoms with Crippen LogP contribution >= 0.6 is 11.6 Å². The second-order valence-corrected chi connectivity index (χ2v) is 5.20. The quantitative estimate of drug-likeness (QED) is 0.922. The fourth-order valence-electron chi connectivity index (χ4n) is 2.21. The summed E-state index contributed by atoms with van der Waals surface area (Å²) in [6.07, 6.45) is 2.41. The molecule has 1 aliphatic rings. The standard InChI is InChI=1S/C14H15ClN2O/c1-9-12(15)3-2-4-13(9)17-14(10-5-6-10)7-11(8-18)16-17/h2-4,7,10,18H,5-6,8H2,1H3. The van der Waals surface area contributed by atoms with E-state index in [1.807, 2.05) is 35.9 Å². The van der Waals surface area contributed by atoms with E-state index in [1.54, 1.807) is 0 Å². The van der Waals surface area contributed by atoms with Crippen molar-refractivity contribution < 1.29 is 5.11 Å². The van der Waals surface area contributed by atoms with Crippen LogP contribution in [-0.4, -0.2) is 14.9 Å². The van der Waals surface area contributed by atoms with E-state index in [0.29, 0.717) is 5.92 Å². The summed E-state index contributed by atoms with van der Waals surface area (Å²) in [6.45, 7) is 1.97. The van der Waals surface area contributed by atoms with Crippen molar-refractivity contribution >= 4 is 11.6 Å². The van der Waals surface area contributed by atoms with Gasteiger partial charge in [-0.25, -0.2) is 4.68 Å². The molecule has 1 aromatic heterocycles. The molecule has 94 valence electrons. The predicted octanol–water partition coefficient (Wildman–Crippen LogP) is 3.20. The highest BCUT2D eigenvalue weighted by atomic mass is 35.5. The molecule has 3 nitrogen and oxygen atoms in total. The van der Waals surface area contributed by atoms with Crippen molar-refractivity contribution in [1.82, 2.24) is 9.78 Å². The summed E-state index contributed by atoms with van der Waals surface area (Å²) in [5.74, 6) is 0.580. The van der Waals surface area contributed by atoms with Crippen LogP contribution in [0.2, 0.25) is 5.02 Å². The summed E-state index contributed by atoms with van der Waals surface area (Å²) in [7, 11) is 0. The zero-order valence-corrected chi connectivity index (χ0v) is 11.0. The summed E-state index contributed by atoms with van der Waals surface area (Å²) in [4.78, 5) is 0. The van der Waals surface area contributed by atoms with Crippen LogP contribution in [0.25, 0.3) is 5.69 Å². The van der Waals surface area contributed by atoms with Crippen LogP contribution in [0.15, 0.2) is 24.3 Å². The highest BCUT2D eigenvalue weighted by Crippen LogP contribution is 2.41. The lowest BCUT2D eigenvalue weighted by Gasteiger charge is -2.10. The maximum absolute atomic E-state index is 9.25. The van der Waals surface area contributed by atoms with Crippen molar-refractivity contribution in [3.8, 4) is 5.69 Å². The Morgan fingerprint density at radius 2 is 2.22 bits per heavy atom. The van der Waals surface area contributed by atoms with Crippen molar-refractivity contribution in [1.29, 1.82) is 0 Å². The molecule has 1 aliphatic carbocycles. The summed E-state index contributed by atoms with van der Waals surface area (Å²) in [5, 5.41) is 14.5. The fourth-order valence-corrected chi connectivity index (χ4v) is 2.38. The van der Waals surface area contributed by atoms with Crippen molar-refractivity contribution in [2.45, 2.75) is 32.3 Å². The minimum absolute atomic E-state index is 0.0215. The molecule has 3 rings (SSSR count). The molecule has 0 radical (unpaired) electrons. The third-order valence-electron chi connectivity index (χ3n) is 3.41. The van der Waals surface area contributed by atoms with E-state index in [4.69, 9.17) is 11.6 Å². The third kappa shape index (κ3) is 1.93. The van der Waals surface area contributed by atoms with Gasteiger partial charge in [0.25, 0.3) is 0 Å². The average molecular weight is 263 g/mol. The Morgan fingerprint density at radius 1 is 1.44 bits per heavy atom. The molecule has 0 unspecified atom stereocenters. The number of aliphatic hydroxyl groups excluding tert-OH is 1. The first-order chi connectivity index (χ1) is 8.70. The Bertz CT molecular complexity index is 587. The van der Waals surface area contributed by atoms with E-state index in [2.05, 4.69) is 5.10 Å². The molecule has 2 aromatic rings. The van der Waals surface area contributed by atoms with Gasteiger partial charge in [0.05, 0.1) is 18.0 Å². The van der Waals surface area contributed by atoms with Gasteiger partial charge in [-0.15, -0.1) is 0 Å². The van der Waals surface area contributed by atoms with Crippen LogP contribution in [0.1, 0.15) is 35.7 Å². The monoisotopic (exact) mass is 262 g/mol. The zero-order chi connectivity index (χ0) is 12.7. The Balaban J connectivity index is 2.15. The van der Waals surface area contributed by atoms with Gasteiger partial charge in [0.1, 0.15) is 0 Å². The molecule has 0 atom stereocenters. The molecule has 1 N–H and O–H groups in total. The van der Waals surface area contributed by atoms with Crippen molar-refractivity contribution in [3.63, 3.8) is 0 Å². The average Bonchev–Trinajstić information content (AvgIpc) is 3.13. The topological polar surface area (TPSA) is 38.0 Å². The second-order valence-electron chi connectivity index (χ2n) is 4.79. The normalized spacial score (nSPS) is 15.1. The molecule has 0 saturated heterocycles. The minimum Gasteiger partial charge on any atom is -0.390 e. The first-order valence-corrected chi connectivity index (χ1v) is 6.53. The lowest BCUT2D eigenvalue weighted by atomic mass is 10.2. The summed E-state index contributed by atoms with van der Waals surface area (Å²) < 4.78 is 1.93. The number of hydrogen-bond acceptors (Lipinski definition) is 2. The molecule has 0 amide bonds. The largest absolute Gasteiger partial charge is 0.390 e. The molecule has 0 bridgehead atoms. The predicted molar refractivity (Wildman–Crippen MR) is 71.2 cm³/mol. The first-order valence-electron chi connectivity index (χ1n) is 6.16. The number of aliphatic hydroxyl groups is 1. The van der Waals surface area contributed by atoms with Gasteiger partial charge in [0.15, 0.2) is 0 Å². The summed E-state index contributed by atoms with van der Waals surface area (Å²) >= 11 is 6.16. The first kappa shape index (κ1) is 11.8. The molecule has 1 saturated carbocycles. The molecule has 4 heteroatoms. The molecule has 1 fully saturated rings. The number of hydrogen-bond donors (Lipinski definition) is 1. The fraction of sp³-hybridized carbons (Fsp3) is 0.357. The van der Waals surface area contributed by atoms with Gasteiger partial charge in [-0.1, -0.05) is 17.7 Å². The number of nitrogens with zero attached hydrogens (tertiary/aromatic N) is 2.